The van der Waals surface area contributed by atoms with E-state index in [1.54, 1.807) is 19.9 Å². The summed E-state index contributed by atoms with van der Waals surface area (Å²) in [5, 5.41) is 0.688. The Labute approximate surface area is 256 Å². The predicted molar refractivity (Wildman–Crippen MR) is 149 cm³/mol. The van der Waals surface area contributed by atoms with Crippen LogP contribution in [0.25, 0.3) is 0 Å². The van der Waals surface area contributed by atoms with Gasteiger partial charge in [-0.1, -0.05) is 54.3 Å². The van der Waals surface area contributed by atoms with Crippen LogP contribution in [0.5, 0.6) is 5.88 Å². The van der Waals surface area contributed by atoms with E-state index in [2.05, 4.69) is 4.98 Å². The van der Waals surface area contributed by atoms with Crippen molar-refractivity contribution >= 4 is 21.7 Å². The van der Waals surface area contributed by atoms with Crippen LogP contribution in [0.2, 0.25) is 36.8 Å². The van der Waals surface area contributed by atoms with Crippen LogP contribution in [0.3, 0.4) is 0 Å². The van der Waals surface area contributed by atoms with Gasteiger partial charge in [-0.2, -0.15) is 57.1 Å². The van der Waals surface area contributed by atoms with E-state index in [1.807, 2.05) is 19.6 Å². The Morgan fingerprint density at radius 3 is 1.56 bits per heavy atom. The Kier molecular flexibility index (Phi) is 12.1. The first-order valence-electron chi connectivity index (χ1n) is 14.0. The maximum Gasteiger partial charge on any atom is 0.460 e. The second-order valence-corrected chi connectivity index (χ2v) is 22.7. The smallest absolute Gasteiger partial charge is 0.460 e. The molecule has 0 aliphatic carbocycles. The summed E-state index contributed by atoms with van der Waals surface area (Å²) >= 11 is 0. The van der Waals surface area contributed by atoms with Crippen LogP contribution in [0.1, 0.15) is 64.7 Å². The zero-order valence-corrected chi connectivity index (χ0v) is 28.6. The fraction of sp³-hybridized carbons (Fsp3) is 0.815. The van der Waals surface area contributed by atoms with Gasteiger partial charge in [0.05, 0.1) is 13.2 Å². The van der Waals surface area contributed by atoms with E-state index < -0.39 is 81.8 Å². The predicted octanol–water partition coefficient (Wildman–Crippen LogP) is 10.3. The molecule has 264 valence electrons. The Hall–Kier alpha value is -1.57. The van der Waals surface area contributed by atoms with Gasteiger partial charge in [0, 0.05) is 17.3 Å². The number of hydrogen-bond donors (Lipinski definition) is 0. The van der Waals surface area contributed by atoms with E-state index in [1.165, 1.54) is 34.8 Å². The average Bonchev–Trinajstić information content (AvgIpc) is 2.87. The van der Waals surface area contributed by atoms with E-state index in [-0.39, 0.29) is 12.3 Å². The Balaban J connectivity index is 3.69. The molecule has 1 atom stereocenters. The van der Waals surface area contributed by atoms with E-state index >= 15 is 0 Å². The van der Waals surface area contributed by atoms with Crippen molar-refractivity contribution < 1.29 is 66.2 Å². The molecular weight excluding hydrogens is 673 g/mol. The number of ether oxygens (including phenoxy) is 1. The Bertz CT molecular complexity index is 1160. The van der Waals surface area contributed by atoms with Gasteiger partial charge in [-0.3, -0.25) is 0 Å². The molecule has 18 heteroatoms. The standard InChI is InChI=1S/C27H40F13NO2Si2/c1-11-19(18-14-20(44(8,9)10)41-21(42-7)17(18)6)43-45(15(2)3,16(4)5)13-12-22(28,29)23(30,31)24(32,33)25(34,35)26(36,37)27(38,39)40/h14-16,19H,11-13H2,1-10H3/t19-/m0/s1. The van der Waals surface area contributed by atoms with Crippen LogP contribution in [0.4, 0.5) is 57.1 Å². The zero-order chi connectivity index (χ0) is 36.0. The van der Waals surface area contributed by atoms with Crippen molar-refractivity contribution in [3.05, 3.63) is 17.2 Å². The van der Waals surface area contributed by atoms with Gasteiger partial charge in [0.2, 0.25) is 5.88 Å². The molecule has 0 fully saturated rings. The summed E-state index contributed by atoms with van der Waals surface area (Å²) in [7, 11) is -4.53. The van der Waals surface area contributed by atoms with Crippen LogP contribution in [0, 0.1) is 6.92 Å². The molecule has 0 radical (unpaired) electrons. The van der Waals surface area contributed by atoms with Gasteiger partial charge in [-0.25, -0.2) is 4.98 Å². The first kappa shape index (κ1) is 41.5. The molecule has 0 aromatic carbocycles. The molecule has 3 nitrogen and oxygen atoms in total. The van der Waals surface area contributed by atoms with Gasteiger partial charge in [-0.15, -0.1) is 0 Å². The van der Waals surface area contributed by atoms with Gasteiger partial charge < -0.3 is 9.16 Å². The van der Waals surface area contributed by atoms with Gasteiger partial charge in [0.25, 0.3) is 0 Å². The minimum absolute atomic E-state index is 0.205. The number of hydrogen-bond acceptors (Lipinski definition) is 3. The largest absolute Gasteiger partial charge is 0.481 e. The fourth-order valence-electron chi connectivity index (χ4n) is 5.04. The lowest BCUT2D eigenvalue weighted by molar-refractivity contribution is -0.440. The summed E-state index contributed by atoms with van der Waals surface area (Å²) in [4.78, 5) is 4.53. The number of alkyl halides is 13. The number of aromatic nitrogens is 1. The second kappa shape index (κ2) is 13.1. The lowest BCUT2D eigenvalue weighted by atomic mass is 9.93. The first-order valence-corrected chi connectivity index (χ1v) is 19.8. The lowest BCUT2D eigenvalue weighted by Crippen LogP contribution is -2.70. The number of rotatable bonds is 15. The topological polar surface area (TPSA) is 31.4 Å². The summed E-state index contributed by atoms with van der Waals surface area (Å²) in [6.45, 7) is 15.3. The lowest BCUT2D eigenvalue weighted by Gasteiger charge is -2.44. The highest BCUT2D eigenvalue weighted by Gasteiger charge is 2.90. The van der Waals surface area contributed by atoms with E-state index in [9.17, 15) is 57.1 Å². The molecule has 1 aromatic rings. The van der Waals surface area contributed by atoms with Crippen LogP contribution < -0.4 is 10.1 Å². The third-order valence-corrected chi connectivity index (χ3v) is 15.5. The molecule has 0 spiro atoms. The molecule has 1 aromatic heterocycles. The van der Waals surface area contributed by atoms with Crippen molar-refractivity contribution in [3.8, 4) is 5.88 Å². The molecule has 0 unspecified atom stereocenters. The van der Waals surface area contributed by atoms with Crippen LogP contribution in [-0.4, -0.2) is 64.3 Å². The van der Waals surface area contributed by atoms with Gasteiger partial charge in [-0.05, 0) is 42.1 Å². The molecule has 0 bridgehead atoms. The molecule has 1 rings (SSSR count). The molecule has 0 saturated carbocycles. The summed E-state index contributed by atoms with van der Waals surface area (Å²) in [5.41, 5.74) is -0.287. The van der Waals surface area contributed by atoms with Crippen molar-refractivity contribution in [2.45, 2.75) is 133 Å². The highest BCUT2D eigenvalue weighted by molar-refractivity contribution is 6.88. The molecule has 0 N–H and O–H groups in total. The molecular formula is C27H40F13NO2Si2. The SMILES string of the molecule is CC[C@H](O[Si](CCC(F)(F)C(F)(F)C(F)(F)C(F)(F)C(F)(F)C(F)(F)F)(C(C)C)C(C)C)c1cc([Si](C)(C)C)nc(OC)c1C. The van der Waals surface area contributed by atoms with Crippen LogP contribution in [0.15, 0.2) is 6.07 Å². The first-order chi connectivity index (χ1) is 19.8. The minimum Gasteiger partial charge on any atom is -0.481 e. The number of methoxy groups -OCH3 is 1. The summed E-state index contributed by atoms with van der Waals surface area (Å²) in [6, 6.07) is 0.700. The normalized spacial score (nSPS) is 15.7. The number of nitrogens with zero attached hydrogens (tertiary/aromatic N) is 1. The summed E-state index contributed by atoms with van der Waals surface area (Å²) in [5.74, 6) is -36.7. The summed E-state index contributed by atoms with van der Waals surface area (Å²) < 4.78 is 191. The van der Waals surface area contributed by atoms with Crippen LogP contribution >= 0.6 is 0 Å². The van der Waals surface area contributed by atoms with Crippen molar-refractivity contribution in [3.63, 3.8) is 0 Å². The second-order valence-electron chi connectivity index (χ2n) is 12.8. The van der Waals surface area contributed by atoms with E-state index in [4.69, 9.17) is 9.16 Å². The molecule has 45 heavy (non-hydrogen) atoms. The quantitative estimate of drug-likeness (QED) is 0.134. The number of halogens is 13. The van der Waals surface area contributed by atoms with Crippen molar-refractivity contribution in [2.24, 2.45) is 0 Å². The maximum absolute atomic E-state index is 14.9. The van der Waals surface area contributed by atoms with Crippen LogP contribution in [-0.2, 0) is 4.43 Å². The maximum atomic E-state index is 14.9. The molecule has 0 aliphatic heterocycles. The van der Waals surface area contributed by atoms with E-state index in [0.29, 0.717) is 16.4 Å². The molecule has 0 amide bonds. The third-order valence-electron chi connectivity index (χ3n) is 8.09. The van der Waals surface area contributed by atoms with Crippen molar-refractivity contribution in [1.82, 2.24) is 4.98 Å². The third kappa shape index (κ3) is 7.31. The minimum atomic E-state index is -7.92. The fourth-order valence-corrected chi connectivity index (χ4v) is 10.7. The Morgan fingerprint density at radius 2 is 1.20 bits per heavy atom. The van der Waals surface area contributed by atoms with Crippen molar-refractivity contribution in [1.29, 1.82) is 0 Å². The molecule has 1 heterocycles. The summed E-state index contributed by atoms with van der Waals surface area (Å²) in [6.07, 6.45) is -10.4. The van der Waals surface area contributed by atoms with Gasteiger partial charge >= 0.3 is 35.8 Å². The highest BCUT2D eigenvalue weighted by Crippen LogP contribution is 2.61. The van der Waals surface area contributed by atoms with E-state index in [0.717, 1.165) is 0 Å². The zero-order valence-electron chi connectivity index (χ0n) is 26.6. The Morgan fingerprint density at radius 1 is 0.756 bits per heavy atom. The van der Waals surface area contributed by atoms with Gasteiger partial charge in [0.15, 0.2) is 8.32 Å². The average molecular weight is 714 g/mol. The number of pyridine rings is 1. The monoisotopic (exact) mass is 713 g/mol. The van der Waals surface area contributed by atoms with Gasteiger partial charge in [0.1, 0.15) is 8.07 Å². The molecule has 0 saturated heterocycles. The highest BCUT2D eigenvalue weighted by atomic mass is 28.4. The van der Waals surface area contributed by atoms with Crippen molar-refractivity contribution in [2.75, 3.05) is 7.11 Å². The molecule has 0 aliphatic rings.